The molecule has 92 valence electrons. The molecule has 1 aromatic heterocycles. The van der Waals surface area contributed by atoms with Gasteiger partial charge in [0.2, 0.25) is 0 Å². The van der Waals surface area contributed by atoms with Crippen LogP contribution in [-0.4, -0.2) is 41.1 Å². The van der Waals surface area contributed by atoms with Crippen LogP contribution in [0, 0.1) is 0 Å². The highest BCUT2D eigenvalue weighted by molar-refractivity contribution is 7.80. The Hall–Kier alpha value is -1.20. The number of hydrogen-bond donors (Lipinski definition) is 2. The van der Waals surface area contributed by atoms with Crippen LogP contribution in [0.25, 0.3) is 0 Å². The molecule has 0 aliphatic heterocycles. The lowest BCUT2D eigenvalue weighted by molar-refractivity contribution is 0.337. The van der Waals surface area contributed by atoms with Crippen LogP contribution in [0.1, 0.15) is 18.5 Å². The summed E-state index contributed by atoms with van der Waals surface area (Å²) in [5.74, 6) is 0. The summed E-state index contributed by atoms with van der Waals surface area (Å²) in [5.41, 5.74) is 7.16. The van der Waals surface area contributed by atoms with E-state index in [9.17, 15) is 0 Å². The number of nitrogens with two attached hydrogens (primary N) is 1. The van der Waals surface area contributed by atoms with Crippen molar-refractivity contribution in [3.05, 3.63) is 24.0 Å². The fraction of sp³-hybridized carbons (Fsp3) is 0.500. The number of rotatable bonds is 6. The molecule has 1 aliphatic rings. The molecule has 1 aliphatic carbocycles. The first-order valence-electron chi connectivity index (χ1n) is 5.87. The number of nitrogens with zero attached hydrogens (tertiary/aromatic N) is 2. The van der Waals surface area contributed by atoms with E-state index in [1.807, 2.05) is 12.1 Å². The Morgan fingerprint density at radius 1 is 1.59 bits per heavy atom. The van der Waals surface area contributed by atoms with Gasteiger partial charge in [0.15, 0.2) is 0 Å². The molecule has 17 heavy (non-hydrogen) atoms. The van der Waals surface area contributed by atoms with Crippen molar-refractivity contribution in [2.75, 3.05) is 25.5 Å². The molecule has 0 spiro atoms. The largest absolute Gasteiger partial charge is 0.388 e. The molecule has 0 amide bonds. The number of aromatic nitrogens is 1. The van der Waals surface area contributed by atoms with E-state index in [2.05, 4.69) is 22.2 Å². The van der Waals surface area contributed by atoms with E-state index in [1.54, 1.807) is 6.20 Å². The molecule has 0 unspecified atom stereocenters. The van der Waals surface area contributed by atoms with E-state index >= 15 is 0 Å². The number of likely N-dealkylation sites (N-methyl/N-ethyl adjacent to an activating group) is 1. The summed E-state index contributed by atoms with van der Waals surface area (Å²) >= 11 is 4.85. The Morgan fingerprint density at radius 3 is 2.88 bits per heavy atom. The average molecular weight is 250 g/mol. The van der Waals surface area contributed by atoms with Crippen LogP contribution in [-0.2, 0) is 0 Å². The third-order valence-corrected chi connectivity index (χ3v) is 3.19. The number of pyridine rings is 1. The standard InChI is InChI=1S/C12H18N4S/c1-16(10-3-4-10)7-6-14-9-2-5-11(12(13)17)15-8-9/h2,5,8,10,14H,3-4,6-7H2,1H3,(H2,13,17). The van der Waals surface area contributed by atoms with Gasteiger partial charge in [-0.05, 0) is 32.0 Å². The zero-order chi connectivity index (χ0) is 12.3. The molecule has 5 heteroatoms. The van der Waals surface area contributed by atoms with E-state index in [1.165, 1.54) is 12.8 Å². The maximum Gasteiger partial charge on any atom is 0.122 e. The fourth-order valence-electron chi connectivity index (χ4n) is 1.72. The van der Waals surface area contributed by atoms with Gasteiger partial charge in [0, 0.05) is 19.1 Å². The summed E-state index contributed by atoms with van der Waals surface area (Å²) in [6, 6.07) is 4.61. The minimum Gasteiger partial charge on any atom is -0.388 e. The van der Waals surface area contributed by atoms with Crippen molar-refractivity contribution in [1.29, 1.82) is 0 Å². The average Bonchev–Trinajstić information content (AvgIpc) is 3.13. The topological polar surface area (TPSA) is 54.2 Å². The number of thiocarbonyl (C=S) groups is 1. The van der Waals surface area contributed by atoms with Gasteiger partial charge in [-0.25, -0.2) is 0 Å². The normalized spacial score (nSPS) is 14.9. The van der Waals surface area contributed by atoms with Gasteiger partial charge < -0.3 is 16.0 Å². The highest BCUT2D eigenvalue weighted by atomic mass is 32.1. The van der Waals surface area contributed by atoms with Crippen LogP contribution < -0.4 is 11.1 Å². The van der Waals surface area contributed by atoms with E-state index < -0.39 is 0 Å². The maximum absolute atomic E-state index is 5.49. The fourth-order valence-corrected chi connectivity index (χ4v) is 1.84. The van der Waals surface area contributed by atoms with Crippen molar-refractivity contribution in [1.82, 2.24) is 9.88 Å². The minimum atomic E-state index is 0.338. The monoisotopic (exact) mass is 250 g/mol. The van der Waals surface area contributed by atoms with Crippen LogP contribution in [0.15, 0.2) is 18.3 Å². The van der Waals surface area contributed by atoms with Crippen LogP contribution in [0.5, 0.6) is 0 Å². The van der Waals surface area contributed by atoms with E-state index in [4.69, 9.17) is 18.0 Å². The second-order valence-electron chi connectivity index (χ2n) is 4.43. The second-order valence-corrected chi connectivity index (χ2v) is 4.87. The molecule has 4 nitrogen and oxygen atoms in total. The van der Waals surface area contributed by atoms with Crippen molar-refractivity contribution in [2.45, 2.75) is 18.9 Å². The smallest absolute Gasteiger partial charge is 0.122 e. The number of anilines is 1. The molecule has 0 radical (unpaired) electrons. The van der Waals surface area contributed by atoms with E-state index in [0.29, 0.717) is 10.7 Å². The molecular formula is C12H18N4S. The van der Waals surface area contributed by atoms with Gasteiger partial charge in [-0.3, -0.25) is 4.98 Å². The molecule has 0 atom stereocenters. The van der Waals surface area contributed by atoms with Crippen LogP contribution in [0.3, 0.4) is 0 Å². The van der Waals surface area contributed by atoms with E-state index in [0.717, 1.165) is 24.8 Å². The van der Waals surface area contributed by atoms with Gasteiger partial charge in [0.25, 0.3) is 0 Å². The summed E-state index contributed by atoms with van der Waals surface area (Å²) in [6.45, 7) is 1.99. The highest BCUT2D eigenvalue weighted by Gasteiger charge is 2.25. The zero-order valence-electron chi connectivity index (χ0n) is 10.0. The molecule has 2 rings (SSSR count). The molecule has 1 fully saturated rings. The zero-order valence-corrected chi connectivity index (χ0v) is 10.8. The Kier molecular flexibility index (Phi) is 3.91. The SMILES string of the molecule is CN(CCNc1ccc(C(N)=S)nc1)C1CC1. The third kappa shape index (κ3) is 3.64. The van der Waals surface area contributed by atoms with Gasteiger partial charge in [-0.2, -0.15) is 0 Å². The lowest BCUT2D eigenvalue weighted by Crippen LogP contribution is -2.27. The quantitative estimate of drug-likeness (QED) is 0.744. The summed E-state index contributed by atoms with van der Waals surface area (Å²) in [7, 11) is 2.17. The number of nitrogens with one attached hydrogen (secondary N) is 1. The molecule has 1 saturated carbocycles. The molecule has 0 saturated heterocycles. The first-order chi connectivity index (χ1) is 8.16. The number of hydrogen-bond acceptors (Lipinski definition) is 4. The van der Waals surface area contributed by atoms with Crippen LogP contribution in [0.2, 0.25) is 0 Å². The van der Waals surface area contributed by atoms with Gasteiger partial charge in [0.1, 0.15) is 4.99 Å². The lowest BCUT2D eigenvalue weighted by atomic mass is 10.3. The second kappa shape index (κ2) is 5.42. The summed E-state index contributed by atoms with van der Waals surface area (Å²) in [6.07, 6.45) is 4.47. The predicted octanol–water partition coefficient (Wildman–Crippen LogP) is 1.22. The van der Waals surface area contributed by atoms with Gasteiger partial charge in [-0.15, -0.1) is 0 Å². The van der Waals surface area contributed by atoms with Gasteiger partial charge in [0.05, 0.1) is 17.6 Å². The first kappa shape index (κ1) is 12.3. The molecular weight excluding hydrogens is 232 g/mol. The van der Waals surface area contributed by atoms with Crippen molar-refractivity contribution in [3.63, 3.8) is 0 Å². The Balaban J connectivity index is 1.76. The Bertz CT molecular complexity index is 386. The van der Waals surface area contributed by atoms with Gasteiger partial charge in [-0.1, -0.05) is 12.2 Å². The predicted molar refractivity (Wildman–Crippen MR) is 74.3 cm³/mol. The lowest BCUT2D eigenvalue weighted by Gasteiger charge is -2.16. The van der Waals surface area contributed by atoms with E-state index in [-0.39, 0.29) is 0 Å². The van der Waals surface area contributed by atoms with Crippen molar-refractivity contribution < 1.29 is 0 Å². The Morgan fingerprint density at radius 2 is 2.35 bits per heavy atom. The molecule has 1 aromatic rings. The molecule has 0 bridgehead atoms. The Labute approximate surface area is 107 Å². The molecule has 0 aromatic carbocycles. The third-order valence-electron chi connectivity index (χ3n) is 2.98. The van der Waals surface area contributed by atoms with Gasteiger partial charge >= 0.3 is 0 Å². The first-order valence-corrected chi connectivity index (χ1v) is 6.27. The summed E-state index contributed by atoms with van der Waals surface area (Å²) in [5, 5.41) is 3.34. The van der Waals surface area contributed by atoms with Crippen LogP contribution in [0.4, 0.5) is 5.69 Å². The van der Waals surface area contributed by atoms with Crippen molar-refractivity contribution >= 4 is 22.9 Å². The summed E-state index contributed by atoms with van der Waals surface area (Å²) < 4.78 is 0. The van der Waals surface area contributed by atoms with Crippen molar-refractivity contribution in [3.8, 4) is 0 Å². The van der Waals surface area contributed by atoms with Crippen molar-refractivity contribution in [2.24, 2.45) is 5.73 Å². The summed E-state index contributed by atoms with van der Waals surface area (Å²) in [4.78, 5) is 6.91. The minimum absolute atomic E-state index is 0.338. The van der Waals surface area contributed by atoms with Crippen LogP contribution >= 0.6 is 12.2 Å². The molecule has 3 N–H and O–H groups in total. The molecule has 1 heterocycles. The highest BCUT2D eigenvalue weighted by Crippen LogP contribution is 2.24. The maximum atomic E-state index is 5.49.